The summed E-state index contributed by atoms with van der Waals surface area (Å²) in [6, 6.07) is 3.48. The summed E-state index contributed by atoms with van der Waals surface area (Å²) in [7, 11) is 0. The van der Waals surface area contributed by atoms with E-state index < -0.39 is 0 Å². The summed E-state index contributed by atoms with van der Waals surface area (Å²) in [5.74, 6) is 0.505. The highest BCUT2D eigenvalue weighted by atomic mass is 32.1. The Morgan fingerprint density at radius 1 is 1.24 bits per heavy atom. The minimum Gasteiger partial charge on any atom is -0.343 e. The molecule has 0 radical (unpaired) electrons. The van der Waals surface area contributed by atoms with Crippen molar-refractivity contribution in [1.82, 2.24) is 14.9 Å². The maximum absolute atomic E-state index is 12.4. The minimum absolute atomic E-state index is 0.0231. The standard InChI is InChI=1S/C19H23N3O2S/c1-13-14(2)25-19(21-13)15-7-10-22(11-8-15)18(24)6-5-17(23)16-4-3-9-20-12-16/h3-4,9,12,15H,5-8,10-11H2,1-2H3. The molecule has 0 saturated carbocycles. The summed E-state index contributed by atoms with van der Waals surface area (Å²) < 4.78 is 0. The van der Waals surface area contributed by atoms with Crippen LogP contribution in [0.15, 0.2) is 24.5 Å². The lowest BCUT2D eigenvalue weighted by Gasteiger charge is -2.31. The summed E-state index contributed by atoms with van der Waals surface area (Å²) in [6.07, 6.45) is 5.61. The number of aromatic nitrogens is 2. The van der Waals surface area contributed by atoms with Gasteiger partial charge >= 0.3 is 0 Å². The molecule has 0 atom stereocenters. The van der Waals surface area contributed by atoms with E-state index >= 15 is 0 Å². The smallest absolute Gasteiger partial charge is 0.223 e. The third kappa shape index (κ3) is 4.31. The minimum atomic E-state index is -0.0231. The van der Waals surface area contributed by atoms with E-state index in [-0.39, 0.29) is 24.5 Å². The third-order valence-corrected chi connectivity index (χ3v) is 6.03. The van der Waals surface area contributed by atoms with E-state index in [0.29, 0.717) is 11.5 Å². The van der Waals surface area contributed by atoms with Gasteiger partial charge in [0, 0.05) is 54.7 Å². The van der Waals surface area contributed by atoms with Crippen LogP contribution in [0.2, 0.25) is 0 Å². The van der Waals surface area contributed by atoms with E-state index in [9.17, 15) is 9.59 Å². The van der Waals surface area contributed by atoms with Gasteiger partial charge in [-0.25, -0.2) is 4.98 Å². The van der Waals surface area contributed by atoms with Gasteiger partial charge in [-0.3, -0.25) is 14.6 Å². The lowest BCUT2D eigenvalue weighted by molar-refractivity contribution is -0.132. The first kappa shape index (κ1) is 17.7. The second-order valence-corrected chi connectivity index (χ2v) is 7.75. The topological polar surface area (TPSA) is 63.2 Å². The largest absolute Gasteiger partial charge is 0.343 e. The summed E-state index contributed by atoms with van der Waals surface area (Å²) in [6.45, 7) is 5.66. The number of carbonyl (C=O) groups excluding carboxylic acids is 2. The number of ketones is 1. The van der Waals surface area contributed by atoms with Gasteiger partial charge in [-0.2, -0.15) is 0 Å². The van der Waals surface area contributed by atoms with Crippen LogP contribution in [0.4, 0.5) is 0 Å². The highest BCUT2D eigenvalue weighted by Gasteiger charge is 2.26. The van der Waals surface area contributed by atoms with Gasteiger partial charge in [0.25, 0.3) is 0 Å². The number of carbonyl (C=O) groups is 2. The molecule has 132 valence electrons. The predicted molar refractivity (Wildman–Crippen MR) is 97.9 cm³/mol. The summed E-state index contributed by atoms with van der Waals surface area (Å²) in [4.78, 5) is 36.2. The molecule has 0 aliphatic carbocycles. The van der Waals surface area contributed by atoms with Crippen molar-refractivity contribution in [2.75, 3.05) is 13.1 Å². The second-order valence-electron chi connectivity index (χ2n) is 6.51. The number of rotatable bonds is 5. The molecule has 1 aliphatic heterocycles. The molecular weight excluding hydrogens is 334 g/mol. The van der Waals surface area contributed by atoms with Crippen molar-refractivity contribution < 1.29 is 9.59 Å². The molecule has 1 saturated heterocycles. The average Bonchev–Trinajstić information content (AvgIpc) is 2.99. The van der Waals surface area contributed by atoms with Gasteiger partial charge in [-0.15, -0.1) is 11.3 Å². The lowest BCUT2D eigenvalue weighted by atomic mass is 9.97. The second kappa shape index (κ2) is 7.87. The Morgan fingerprint density at radius 2 is 2.00 bits per heavy atom. The Hall–Kier alpha value is -2.08. The SMILES string of the molecule is Cc1nc(C2CCN(C(=O)CCC(=O)c3cccnc3)CC2)sc1C. The summed E-state index contributed by atoms with van der Waals surface area (Å²) >= 11 is 1.78. The van der Waals surface area contributed by atoms with Gasteiger partial charge < -0.3 is 4.90 Å². The molecule has 5 nitrogen and oxygen atoms in total. The number of Topliss-reactive ketones (excluding diaryl/α,β-unsaturated/α-hetero) is 1. The zero-order chi connectivity index (χ0) is 17.8. The zero-order valence-electron chi connectivity index (χ0n) is 14.7. The van der Waals surface area contributed by atoms with Gasteiger partial charge in [0.05, 0.1) is 10.7 Å². The molecule has 1 amide bonds. The van der Waals surface area contributed by atoms with Gasteiger partial charge in [0.2, 0.25) is 5.91 Å². The van der Waals surface area contributed by atoms with Crippen LogP contribution in [0, 0.1) is 13.8 Å². The van der Waals surface area contributed by atoms with E-state index in [1.807, 2.05) is 11.8 Å². The van der Waals surface area contributed by atoms with E-state index in [1.165, 1.54) is 9.88 Å². The Labute approximate surface area is 152 Å². The van der Waals surface area contributed by atoms with Crippen molar-refractivity contribution in [2.45, 2.75) is 45.4 Å². The fraction of sp³-hybridized carbons (Fsp3) is 0.474. The molecule has 3 heterocycles. The molecule has 1 fully saturated rings. The molecule has 0 aromatic carbocycles. The molecule has 2 aromatic rings. The van der Waals surface area contributed by atoms with E-state index in [2.05, 4.69) is 16.9 Å². The molecule has 2 aromatic heterocycles. The zero-order valence-corrected chi connectivity index (χ0v) is 15.5. The number of aryl methyl sites for hydroxylation is 2. The third-order valence-electron chi connectivity index (χ3n) is 4.79. The number of amides is 1. The van der Waals surface area contributed by atoms with Crippen molar-refractivity contribution in [1.29, 1.82) is 0 Å². The number of nitrogens with zero attached hydrogens (tertiary/aromatic N) is 3. The van der Waals surface area contributed by atoms with Gasteiger partial charge in [0.15, 0.2) is 5.78 Å². The van der Waals surface area contributed by atoms with Crippen LogP contribution in [0.1, 0.15) is 57.5 Å². The highest BCUT2D eigenvalue weighted by molar-refractivity contribution is 7.11. The lowest BCUT2D eigenvalue weighted by Crippen LogP contribution is -2.38. The number of hydrogen-bond acceptors (Lipinski definition) is 5. The average molecular weight is 357 g/mol. The maximum atomic E-state index is 12.4. The normalized spacial score (nSPS) is 15.4. The van der Waals surface area contributed by atoms with Crippen LogP contribution in [0.5, 0.6) is 0 Å². The number of hydrogen-bond donors (Lipinski definition) is 0. The van der Waals surface area contributed by atoms with Crippen LogP contribution >= 0.6 is 11.3 Å². The Balaban J connectivity index is 1.47. The molecule has 0 unspecified atom stereocenters. The Morgan fingerprint density at radius 3 is 2.60 bits per heavy atom. The first-order valence-corrected chi connectivity index (χ1v) is 9.51. The number of thiazole rings is 1. The fourth-order valence-electron chi connectivity index (χ4n) is 3.10. The molecular formula is C19H23N3O2S. The van der Waals surface area contributed by atoms with Crippen LogP contribution in [0.3, 0.4) is 0 Å². The quantitative estimate of drug-likeness (QED) is 0.768. The molecule has 0 N–H and O–H groups in total. The summed E-state index contributed by atoms with van der Waals surface area (Å²) in [5.41, 5.74) is 1.69. The van der Waals surface area contributed by atoms with E-state index in [0.717, 1.165) is 31.6 Å². The van der Waals surface area contributed by atoms with Crippen molar-refractivity contribution in [3.63, 3.8) is 0 Å². The first-order valence-electron chi connectivity index (χ1n) is 8.69. The molecule has 0 bridgehead atoms. The number of likely N-dealkylation sites (tertiary alicyclic amines) is 1. The maximum Gasteiger partial charge on any atom is 0.223 e. The molecule has 1 aliphatic rings. The highest BCUT2D eigenvalue weighted by Crippen LogP contribution is 2.32. The van der Waals surface area contributed by atoms with E-state index in [4.69, 9.17) is 0 Å². The fourth-order valence-corrected chi connectivity index (χ4v) is 4.19. The van der Waals surface area contributed by atoms with Gasteiger partial charge in [-0.05, 0) is 38.8 Å². The van der Waals surface area contributed by atoms with Gasteiger partial charge in [0.1, 0.15) is 0 Å². The molecule has 25 heavy (non-hydrogen) atoms. The van der Waals surface area contributed by atoms with Crippen LogP contribution in [0.25, 0.3) is 0 Å². The van der Waals surface area contributed by atoms with Crippen LogP contribution in [-0.2, 0) is 4.79 Å². The predicted octanol–water partition coefficient (Wildman–Crippen LogP) is 3.52. The molecule has 3 rings (SSSR count). The summed E-state index contributed by atoms with van der Waals surface area (Å²) in [5, 5.41) is 1.20. The number of piperidine rings is 1. The molecule has 0 spiro atoms. The number of pyridine rings is 1. The van der Waals surface area contributed by atoms with Crippen molar-refractivity contribution >= 4 is 23.0 Å². The van der Waals surface area contributed by atoms with E-state index in [1.54, 1.807) is 35.9 Å². The van der Waals surface area contributed by atoms with Crippen molar-refractivity contribution in [3.05, 3.63) is 45.7 Å². The monoisotopic (exact) mass is 357 g/mol. The molecule has 6 heteroatoms. The van der Waals surface area contributed by atoms with Crippen LogP contribution < -0.4 is 0 Å². The van der Waals surface area contributed by atoms with Crippen LogP contribution in [-0.4, -0.2) is 39.6 Å². The van der Waals surface area contributed by atoms with Crippen molar-refractivity contribution in [2.24, 2.45) is 0 Å². The Bertz CT molecular complexity index is 730. The first-order chi connectivity index (χ1) is 12.0. The van der Waals surface area contributed by atoms with Crippen molar-refractivity contribution in [3.8, 4) is 0 Å². The Kier molecular flexibility index (Phi) is 5.58. The van der Waals surface area contributed by atoms with Gasteiger partial charge in [-0.1, -0.05) is 0 Å².